The predicted octanol–water partition coefficient (Wildman–Crippen LogP) is 2.99. The molecular weight excluding hydrogens is 362 g/mol. The lowest BCUT2D eigenvalue weighted by Gasteiger charge is -2.30. The summed E-state index contributed by atoms with van der Waals surface area (Å²) in [5.74, 6) is 0.936. The van der Waals surface area contributed by atoms with Crippen LogP contribution >= 0.6 is 11.6 Å². The summed E-state index contributed by atoms with van der Waals surface area (Å²) in [6.45, 7) is 3.22. The smallest absolute Gasteiger partial charge is 0.254 e. The van der Waals surface area contributed by atoms with E-state index in [2.05, 4.69) is 14.9 Å². The van der Waals surface area contributed by atoms with Crippen LogP contribution in [0.3, 0.4) is 0 Å². The molecule has 0 N–H and O–H groups in total. The standard InChI is InChI=1S/C20H24ClN5O/c1-24(2)19-15-7-10-26(12-17(15)22-13-23-19)20(27)14-5-6-18(16(21)11-14)25-8-3-4-9-25/h5-6,11,13H,3-4,7-10,12H2,1-2H3. The highest BCUT2D eigenvalue weighted by atomic mass is 35.5. The Hall–Kier alpha value is -2.34. The van der Waals surface area contributed by atoms with Gasteiger partial charge in [-0.1, -0.05) is 11.6 Å². The molecule has 0 atom stereocenters. The lowest BCUT2D eigenvalue weighted by molar-refractivity contribution is 0.0732. The summed E-state index contributed by atoms with van der Waals surface area (Å²) < 4.78 is 0. The lowest BCUT2D eigenvalue weighted by atomic mass is 10.0. The second-order valence-corrected chi connectivity index (χ2v) is 7.76. The van der Waals surface area contributed by atoms with Crippen LogP contribution in [0, 0.1) is 0 Å². The number of fused-ring (bicyclic) bond motifs is 1. The Kier molecular flexibility index (Phi) is 4.91. The molecule has 1 saturated heterocycles. The first-order valence-electron chi connectivity index (χ1n) is 9.38. The van der Waals surface area contributed by atoms with Crippen molar-refractivity contribution in [2.75, 3.05) is 43.5 Å². The first-order chi connectivity index (χ1) is 13.0. The van der Waals surface area contributed by atoms with Crippen LogP contribution in [-0.2, 0) is 13.0 Å². The molecule has 0 bridgehead atoms. The van der Waals surface area contributed by atoms with E-state index in [0.717, 1.165) is 42.3 Å². The third kappa shape index (κ3) is 3.46. The molecule has 0 aliphatic carbocycles. The number of halogens is 1. The van der Waals surface area contributed by atoms with E-state index in [0.29, 0.717) is 23.7 Å². The van der Waals surface area contributed by atoms with Gasteiger partial charge in [-0.3, -0.25) is 4.79 Å². The fraction of sp³-hybridized carbons (Fsp3) is 0.450. The molecule has 6 nitrogen and oxygen atoms in total. The Bertz CT molecular complexity index is 863. The van der Waals surface area contributed by atoms with Crippen LogP contribution in [0.25, 0.3) is 0 Å². The summed E-state index contributed by atoms with van der Waals surface area (Å²) in [5.41, 5.74) is 3.72. The average molecular weight is 386 g/mol. The summed E-state index contributed by atoms with van der Waals surface area (Å²) in [6.07, 6.45) is 4.72. The molecule has 2 aromatic rings. The van der Waals surface area contributed by atoms with Gasteiger partial charge in [0.25, 0.3) is 5.91 Å². The minimum absolute atomic E-state index is 0.000497. The second kappa shape index (κ2) is 7.35. The van der Waals surface area contributed by atoms with Crippen LogP contribution < -0.4 is 9.80 Å². The summed E-state index contributed by atoms with van der Waals surface area (Å²) in [6, 6.07) is 5.67. The van der Waals surface area contributed by atoms with Crippen molar-refractivity contribution in [1.29, 1.82) is 0 Å². The molecule has 0 saturated carbocycles. The highest BCUT2D eigenvalue weighted by Crippen LogP contribution is 2.31. The summed E-state index contributed by atoms with van der Waals surface area (Å²) in [5, 5.41) is 0.650. The zero-order chi connectivity index (χ0) is 19.0. The zero-order valence-corrected chi connectivity index (χ0v) is 16.5. The molecule has 0 unspecified atom stereocenters. The Labute approximate surface area is 164 Å². The maximum atomic E-state index is 13.0. The Morgan fingerprint density at radius 1 is 1.15 bits per heavy atom. The largest absolute Gasteiger partial charge is 0.370 e. The minimum atomic E-state index is 0.000497. The molecule has 1 aromatic heterocycles. The Morgan fingerprint density at radius 3 is 2.63 bits per heavy atom. The zero-order valence-electron chi connectivity index (χ0n) is 15.8. The van der Waals surface area contributed by atoms with Crippen LogP contribution in [-0.4, -0.2) is 54.5 Å². The molecule has 7 heteroatoms. The van der Waals surface area contributed by atoms with Crippen LogP contribution in [0.2, 0.25) is 5.02 Å². The van der Waals surface area contributed by atoms with Crippen LogP contribution in [0.5, 0.6) is 0 Å². The van der Waals surface area contributed by atoms with Crippen LogP contribution in [0.4, 0.5) is 11.5 Å². The fourth-order valence-corrected chi connectivity index (χ4v) is 4.23. The molecule has 142 valence electrons. The van der Waals surface area contributed by atoms with E-state index in [4.69, 9.17) is 11.6 Å². The average Bonchev–Trinajstić information content (AvgIpc) is 3.20. The molecule has 0 spiro atoms. The number of anilines is 2. The molecule has 4 rings (SSSR count). The van der Waals surface area contributed by atoms with Crippen molar-refractivity contribution in [2.45, 2.75) is 25.8 Å². The van der Waals surface area contributed by atoms with Gasteiger partial charge in [0.15, 0.2) is 0 Å². The van der Waals surface area contributed by atoms with Crippen molar-refractivity contribution in [1.82, 2.24) is 14.9 Å². The summed E-state index contributed by atoms with van der Waals surface area (Å²) >= 11 is 6.49. The van der Waals surface area contributed by atoms with Crippen molar-refractivity contribution in [2.24, 2.45) is 0 Å². The van der Waals surface area contributed by atoms with E-state index < -0.39 is 0 Å². The number of rotatable bonds is 3. The topological polar surface area (TPSA) is 52.6 Å². The second-order valence-electron chi connectivity index (χ2n) is 7.35. The summed E-state index contributed by atoms with van der Waals surface area (Å²) in [7, 11) is 3.95. The van der Waals surface area contributed by atoms with E-state index in [1.807, 2.05) is 36.0 Å². The number of amides is 1. The molecule has 1 aromatic carbocycles. The van der Waals surface area contributed by atoms with E-state index in [9.17, 15) is 4.79 Å². The van der Waals surface area contributed by atoms with E-state index in [1.165, 1.54) is 12.8 Å². The SMILES string of the molecule is CN(C)c1ncnc2c1CCN(C(=O)c1ccc(N3CCCC3)c(Cl)c1)C2. The van der Waals surface area contributed by atoms with E-state index >= 15 is 0 Å². The van der Waals surface area contributed by atoms with Gasteiger partial charge >= 0.3 is 0 Å². The number of hydrogen-bond donors (Lipinski definition) is 0. The number of hydrogen-bond acceptors (Lipinski definition) is 5. The molecule has 27 heavy (non-hydrogen) atoms. The molecular formula is C20H24ClN5O. The van der Waals surface area contributed by atoms with Gasteiger partial charge in [-0.05, 0) is 37.5 Å². The highest BCUT2D eigenvalue weighted by molar-refractivity contribution is 6.33. The predicted molar refractivity (Wildman–Crippen MR) is 108 cm³/mol. The number of carbonyl (C=O) groups is 1. The van der Waals surface area contributed by atoms with Gasteiger partial charge in [0.2, 0.25) is 0 Å². The molecule has 2 aliphatic heterocycles. The van der Waals surface area contributed by atoms with Crippen molar-refractivity contribution in [3.05, 3.63) is 46.4 Å². The fourth-order valence-electron chi connectivity index (χ4n) is 3.93. The van der Waals surface area contributed by atoms with Crippen molar-refractivity contribution in [3.63, 3.8) is 0 Å². The Balaban J connectivity index is 1.54. The van der Waals surface area contributed by atoms with E-state index in [-0.39, 0.29) is 5.91 Å². The quantitative estimate of drug-likeness (QED) is 0.813. The van der Waals surface area contributed by atoms with Gasteiger partial charge in [-0.25, -0.2) is 9.97 Å². The number of benzene rings is 1. The van der Waals surface area contributed by atoms with Gasteiger partial charge in [-0.15, -0.1) is 0 Å². The lowest BCUT2D eigenvalue weighted by Crippen LogP contribution is -2.37. The maximum Gasteiger partial charge on any atom is 0.254 e. The van der Waals surface area contributed by atoms with Crippen molar-refractivity contribution in [3.8, 4) is 0 Å². The van der Waals surface area contributed by atoms with Crippen LogP contribution in [0.1, 0.15) is 34.5 Å². The first kappa shape index (κ1) is 18.0. The third-order valence-electron chi connectivity index (χ3n) is 5.34. The van der Waals surface area contributed by atoms with E-state index in [1.54, 1.807) is 12.4 Å². The number of nitrogens with zero attached hydrogens (tertiary/aromatic N) is 5. The van der Waals surface area contributed by atoms with Crippen LogP contribution in [0.15, 0.2) is 24.5 Å². The molecule has 1 amide bonds. The van der Waals surface area contributed by atoms with Gasteiger partial charge in [-0.2, -0.15) is 0 Å². The summed E-state index contributed by atoms with van der Waals surface area (Å²) in [4.78, 5) is 27.9. The normalized spacial score (nSPS) is 16.4. The third-order valence-corrected chi connectivity index (χ3v) is 5.64. The minimum Gasteiger partial charge on any atom is -0.370 e. The van der Waals surface area contributed by atoms with Gasteiger partial charge in [0, 0.05) is 44.9 Å². The van der Waals surface area contributed by atoms with Gasteiger partial charge in [0.1, 0.15) is 12.1 Å². The van der Waals surface area contributed by atoms with Crippen molar-refractivity contribution >= 4 is 29.0 Å². The monoisotopic (exact) mass is 385 g/mol. The Morgan fingerprint density at radius 2 is 1.93 bits per heavy atom. The molecule has 2 aliphatic rings. The number of carbonyl (C=O) groups excluding carboxylic acids is 1. The maximum absolute atomic E-state index is 13.0. The molecule has 3 heterocycles. The highest BCUT2D eigenvalue weighted by Gasteiger charge is 2.26. The molecule has 1 fully saturated rings. The van der Waals surface area contributed by atoms with Gasteiger partial charge in [0.05, 0.1) is 22.9 Å². The van der Waals surface area contributed by atoms with Gasteiger partial charge < -0.3 is 14.7 Å². The van der Waals surface area contributed by atoms with Crippen molar-refractivity contribution < 1.29 is 4.79 Å². The first-order valence-corrected chi connectivity index (χ1v) is 9.76. The number of aromatic nitrogens is 2. The molecule has 0 radical (unpaired) electrons.